The van der Waals surface area contributed by atoms with Crippen molar-refractivity contribution in [3.8, 4) is 0 Å². The van der Waals surface area contributed by atoms with Crippen LogP contribution in [0.15, 0.2) is 0 Å². The summed E-state index contributed by atoms with van der Waals surface area (Å²) in [5, 5.41) is 0. The minimum absolute atomic E-state index is 0.0626. The molecule has 0 aromatic heterocycles. The summed E-state index contributed by atoms with van der Waals surface area (Å²) < 4.78 is 16.8. The highest BCUT2D eigenvalue weighted by atomic mass is 16.6. The molecule has 0 saturated heterocycles. The molecule has 6 heteroatoms. The summed E-state index contributed by atoms with van der Waals surface area (Å²) in [6, 6.07) is 0. The number of ether oxygens (including phenoxy) is 3. The summed E-state index contributed by atoms with van der Waals surface area (Å²) in [4.78, 5) is 38.0. The molecule has 0 aliphatic heterocycles. The second-order valence-corrected chi connectivity index (χ2v) is 19.0. The summed E-state index contributed by atoms with van der Waals surface area (Å²) in [6.45, 7) is 9.03. The van der Waals surface area contributed by atoms with Crippen molar-refractivity contribution in [2.24, 2.45) is 5.92 Å². The Morgan fingerprint density at radius 3 is 0.817 bits per heavy atom. The van der Waals surface area contributed by atoms with Crippen LogP contribution in [0.4, 0.5) is 0 Å². The van der Waals surface area contributed by atoms with E-state index < -0.39 is 6.10 Å². The second-order valence-electron chi connectivity index (χ2n) is 19.0. The Morgan fingerprint density at radius 2 is 0.550 bits per heavy atom. The van der Waals surface area contributed by atoms with Gasteiger partial charge in [0.2, 0.25) is 0 Å². The van der Waals surface area contributed by atoms with Crippen molar-refractivity contribution >= 4 is 17.9 Å². The fourth-order valence-electron chi connectivity index (χ4n) is 8.22. The van der Waals surface area contributed by atoms with Gasteiger partial charge in [-0.3, -0.25) is 14.4 Å². The minimum Gasteiger partial charge on any atom is -0.462 e. The van der Waals surface area contributed by atoms with E-state index >= 15 is 0 Å². The smallest absolute Gasteiger partial charge is 0.306 e. The number of esters is 3. The van der Waals surface area contributed by atoms with E-state index in [9.17, 15) is 14.4 Å². The molecule has 0 amide bonds. The average molecular weight is 849 g/mol. The molecular weight excluding hydrogens is 745 g/mol. The maximum atomic E-state index is 12.8. The van der Waals surface area contributed by atoms with Crippen LogP contribution in [0.25, 0.3) is 0 Å². The standard InChI is InChI=1S/C54H104O6/c1-5-7-9-11-13-15-17-19-21-23-25-30-34-38-42-46-53(56)59-49-51(60-54(57)47-43-39-35-31-27-26-28-32-36-40-44-50(3)4)48-58-52(55)45-41-37-33-29-24-22-20-18-16-14-12-10-8-6-2/h50-51H,5-49H2,1-4H3/t51-/m1/s1. The molecule has 0 radical (unpaired) electrons. The Kier molecular flexibility index (Phi) is 47.2. The summed E-state index contributed by atoms with van der Waals surface area (Å²) >= 11 is 0. The lowest BCUT2D eigenvalue weighted by Crippen LogP contribution is -2.30. The van der Waals surface area contributed by atoms with Crippen LogP contribution in [0, 0.1) is 5.92 Å². The largest absolute Gasteiger partial charge is 0.462 e. The van der Waals surface area contributed by atoms with Crippen LogP contribution in [-0.4, -0.2) is 37.2 Å². The van der Waals surface area contributed by atoms with Crippen molar-refractivity contribution in [2.45, 2.75) is 310 Å². The van der Waals surface area contributed by atoms with E-state index in [1.807, 2.05) is 0 Å². The van der Waals surface area contributed by atoms with Crippen LogP contribution in [0.1, 0.15) is 304 Å². The molecule has 0 fully saturated rings. The number of rotatable bonds is 49. The molecule has 0 saturated carbocycles. The summed E-state index contributed by atoms with van der Waals surface area (Å²) in [5.41, 5.74) is 0. The van der Waals surface area contributed by atoms with Crippen LogP contribution in [0.2, 0.25) is 0 Å². The zero-order valence-electron chi connectivity index (χ0n) is 40.9. The normalized spacial score (nSPS) is 11.9. The highest BCUT2D eigenvalue weighted by molar-refractivity contribution is 5.71. The van der Waals surface area contributed by atoms with Gasteiger partial charge in [-0.25, -0.2) is 0 Å². The quantitative estimate of drug-likeness (QED) is 0.0345. The van der Waals surface area contributed by atoms with E-state index in [-0.39, 0.29) is 31.1 Å². The topological polar surface area (TPSA) is 78.9 Å². The van der Waals surface area contributed by atoms with Gasteiger partial charge in [-0.2, -0.15) is 0 Å². The molecule has 1 atom stereocenters. The second kappa shape index (κ2) is 48.4. The van der Waals surface area contributed by atoms with Crippen molar-refractivity contribution in [3.05, 3.63) is 0 Å². The van der Waals surface area contributed by atoms with Gasteiger partial charge in [-0.15, -0.1) is 0 Å². The maximum Gasteiger partial charge on any atom is 0.306 e. The highest BCUT2D eigenvalue weighted by Gasteiger charge is 2.19. The minimum atomic E-state index is -0.761. The predicted octanol–water partition coefficient (Wildman–Crippen LogP) is 17.5. The average Bonchev–Trinajstić information content (AvgIpc) is 3.23. The third-order valence-corrected chi connectivity index (χ3v) is 12.3. The Bertz CT molecular complexity index is 903. The first-order valence-corrected chi connectivity index (χ1v) is 26.9. The third kappa shape index (κ3) is 47.5. The fourth-order valence-corrected chi connectivity index (χ4v) is 8.22. The molecule has 0 heterocycles. The molecule has 0 rings (SSSR count). The number of hydrogen-bond donors (Lipinski definition) is 0. The number of hydrogen-bond acceptors (Lipinski definition) is 6. The highest BCUT2D eigenvalue weighted by Crippen LogP contribution is 2.17. The molecule has 6 nitrogen and oxygen atoms in total. The molecule has 0 aliphatic carbocycles. The maximum absolute atomic E-state index is 12.8. The zero-order chi connectivity index (χ0) is 43.8. The van der Waals surface area contributed by atoms with Gasteiger partial charge < -0.3 is 14.2 Å². The van der Waals surface area contributed by atoms with E-state index in [0.29, 0.717) is 19.3 Å². The van der Waals surface area contributed by atoms with Gasteiger partial charge in [0.1, 0.15) is 13.2 Å². The molecule has 0 unspecified atom stereocenters. The molecule has 0 bridgehead atoms. The Hall–Kier alpha value is -1.59. The van der Waals surface area contributed by atoms with Gasteiger partial charge in [0.15, 0.2) is 6.10 Å². The van der Waals surface area contributed by atoms with Crippen molar-refractivity contribution in [2.75, 3.05) is 13.2 Å². The fraction of sp³-hybridized carbons (Fsp3) is 0.944. The number of unbranched alkanes of at least 4 members (excludes halogenated alkanes) is 36. The van der Waals surface area contributed by atoms with E-state index in [1.165, 1.54) is 199 Å². The SMILES string of the molecule is CCCCCCCCCCCCCCCCCC(=O)OC[C@@H](COC(=O)CCCCCCCCCCCCCCCC)OC(=O)CCCCCCCCCCCCC(C)C. The molecule has 356 valence electrons. The summed E-state index contributed by atoms with van der Waals surface area (Å²) in [5.74, 6) is -0.0252. The third-order valence-electron chi connectivity index (χ3n) is 12.3. The van der Waals surface area contributed by atoms with E-state index in [1.54, 1.807) is 0 Å². The van der Waals surface area contributed by atoms with Crippen molar-refractivity contribution in [1.29, 1.82) is 0 Å². The first-order valence-electron chi connectivity index (χ1n) is 26.9. The van der Waals surface area contributed by atoms with Gasteiger partial charge >= 0.3 is 17.9 Å². The summed E-state index contributed by atoms with van der Waals surface area (Å²) in [6.07, 6.45) is 50.8. The lowest BCUT2D eigenvalue weighted by Gasteiger charge is -2.18. The van der Waals surface area contributed by atoms with E-state index in [0.717, 1.165) is 63.7 Å². The lowest BCUT2D eigenvalue weighted by molar-refractivity contribution is -0.167. The van der Waals surface area contributed by atoms with Crippen molar-refractivity contribution in [1.82, 2.24) is 0 Å². The monoisotopic (exact) mass is 849 g/mol. The number of carbonyl (C=O) groups is 3. The Labute approximate surface area is 374 Å². The molecule has 0 spiro atoms. The van der Waals surface area contributed by atoms with Crippen molar-refractivity contribution in [3.63, 3.8) is 0 Å². The first kappa shape index (κ1) is 58.4. The molecular formula is C54H104O6. The molecule has 0 aromatic rings. The lowest BCUT2D eigenvalue weighted by atomic mass is 10.0. The van der Waals surface area contributed by atoms with Gasteiger partial charge in [0.25, 0.3) is 0 Å². The van der Waals surface area contributed by atoms with Crippen LogP contribution in [0.5, 0.6) is 0 Å². The zero-order valence-corrected chi connectivity index (χ0v) is 40.9. The van der Waals surface area contributed by atoms with Gasteiger partial charge in [-0.1, -0.05) is 265 Å². The van der Waals surface area contributed by atoms with Crippen LogP contribution >= 0.6 is 0 Å². The van der Waals surface area contributed by atoms with Gasteiger partial charge in [0.05, 0.1) is 0 Å². The Balaban J connectivity index is 4.30. The first-order chi connectivity index (χ1) is 29.4. The van der Waals surface area contributed by atoms with Gasteiger partial charge in [0, 0.05) is 19.3 Å². The van der Waals surface area contributed by atoms with Gasteiger partial charge in [-0.05, 0) is 25.2 Å². The molecule has 0 N–H and O–H groups in total. The number of carbonyl (C=O) groups excluding carboxylic acids is 3. The summed E-state index contributed by atoms with van der Waals surface area (Å²) in [7, 11) is 0. The van der Waals surface area contributed by atoms with Crippen LogP contribution in [-0.2, 0) is 28.6 Å². The van der Waals surface area contributed by atoms with Crippen LogP contribution < -0.4 is 0 Å². The molecule has 0 aromatic carbocycles. The Morgan fingerprint density at radius 1 is 0.317 bits per heavy atom. The molecule has 0 aliphatic rings. The predicted molar refractivity (Wildman–Crippen MR) is 257 cm³/mol. The van der Waals surface area contributed by atoms with E-state index in [2.05, 4.69) is 27.7 Å². The van der Waals surface area contributed by atoms with Crippen molar-refractivity contribution < 1.29 is 28.6 Å². The van der Waals surface area contributed by atoms with Crippen LogP contribution in [0.3, 0.4) is 0 Å². The van der Waals surface area contributed by atoms with E-state index in [4.69, 9.17) is 14.2 Å². The molecule has 60 heavy (non-hydrogen) atoms.